The molecular weight excluding hydrogens is 397 g/mol. The Balaban J connectivity index is 1.88. The summed E-state index contributed by atoms with van der Waals surface area (Å²) in [5.74, 6) is 0.516. The molecule has 0 aliphatic carbocycles. The lowest BCUT2D eigenvalue weighted by atomic mass is 10.2. The normalized spacial score (nSPS) is 15.2. The molecule has 1 aliphatic rings. The first-order valence-electron chi connectivity index (χ1n) is 7.55. The summed E-state index contributed by atoms with van der Waals surface area (Å²) in [5, 5.41) is 5.51. The minimum absolute atomic E-state index is 0.0427. The van der Waals surface area contributed by atoms with E-state index in [1.165, 1.54) is 10.0 Å². The van der Waals surface area contributed by atoms with Gasteiger partial charge in [0, 0.05) is 11.9 Å². The molecule has 0 saturated carbocycles. The largest absolute Gasteiger partial charge is 0.454 e. The fourth-order valence-corrected chi connectivity index (χ4v) is 3.45. The molecular formula is C17H15Cl2N3O3S. The third kappa shape index (κ3) is 3.91. The smallest absolute Gasteiger partial charge is 0.343 e. The molecule has 136 valence electrons. The van der Waals surface area contributed by atoms with E-state index in [1.54, 1.807) is 30.9 Å². The van der Waals surface area contributed by atoms with Gasteiger partial charge in [-0.3, -0.25) is 10.1 Å². The van der Waals surface area contributed by atoms with Crippen LogP contribution in [0.5, 0.6) is 11.5 Å². The number of benzene rings is 2. The molecule has 1 saturated heterocycles. The lowest BCUT2D eigenvalue weighted by molar-refractivity contribution is -0.121. The van der Waals surface area contributed by atoms with Crippen molar-refractivity contribution in [3.05, 3.63) is 46.4 Å². The number of hydrogen-bond acceptors (Lipinski definition) is 5. The number of hydrogen-bond donors (Lipinski definition) is 1. The minimum Gasteiger partial charge on any atom is -0.454 e. The number of carbonyl (C=O) groups is 2. The van der Waals surface area contributed by atoms with E-state index in [2.05, 4.69) is 5.32 Å². The molecule has 26 heavy (non-hydrogen) atoms. The molecule has 9 heteroatoms. The zero-order chi connectivity index (χ0) is 18.8. The SMILES string of the molecule is CSc1ccc(Oc2c(Cl)cc(N3C(=O)NC(=O)CN3C)cc2Cl)cc1. The number of rotatable bonds is 4. The quantitative estimate of drug-likeness (QED) is 0.754. The van der Waals surface area contributed by atoms with Gasteiger partial charge in [0.15, 0.2) is 5.75 Å². The standard InChI is InChI=1S/C17H15Cl2N3O3S/c1-21-9-15(23)20-17(24)22(21)10-7-13(18)16(14(19)8-10)25-11-3-5-12(26-2)6-4-11/h3-8H,9H2,1-2H3,(H,20,23,24). The van der Waals surface area contributed by atoms with Crippen molar-refractivity contribution in [3.63, 3.8) is 0 Å². The lowest BCUT2D eigenvalue weighted by Gasteiger charge is -2.35. The van der Waals surface area contributed by atoms with Crippen LogP contribution < -0.4 is 15.1 Å². The molecule has 3 rings (SSSR count). The number of nitrogens with one attached hydrogen (secondary N) is 1. The summed E-state index contributed by atoms with van der Waals surface area (Å²) in [6.45, 7) is 0.0427. The van der Waals surface area contributed by atoms with Gasteiger partial charge in [-0.15, -0.1) is 11.8 Å². The summed E-state index contributed by atoms with van der Waals surface area (Å²) in [6.07, 6.45) is 1.99. The molecule has 3 amide bonds. The van der Waals surface area contributed by atoms with Gasteiger partial charge in [-0.25, -0.2) is 14.8 Å². The minimum atomic E-state index is -0.572. The predicted molar refractivity (Wildman–Crippen MR) is 103 cm³/mol. The highest BCUT2D eigenvalue weighted by molar-refractivity contribution is 7.98. The molecule has 1 aliphatic heterocycles. The maximum atomic E-state index is 12.1. The van der Waals surface area contributed by atoms with E-state index in [0.717, 1.165) is 4.90 Å². The average Bonchev–Trinajstić information content (AvgIpc) is 2.58. The molecule has 0 radical (unpaired) electrons. The van der Waals surface area contributed by atoms with Crippen LogP contribution in [0.25, 0.3) is 0 Å². The number of carbonyl (C=O) groups excluding carboxylic acids is 2. The Hall–Kier alpha value is -1.93. The van der Waals surface area contributed by atoms with E-state index >= 15 is 0 Å². The Kier molecular flexibility index (Phi) is 5.62. The molecule has 0 atom stereocenters. The maximum absolute atomic E-state index is 12.1. The van der Waals surface area contributed by atoms with Gasteiger partial charge >= 0.3 is 6.03 Å². The monoisotopic (exact) mass is 411 g/mol. The summed E-state index contributed by atoms with van der Waals surface area (Å²) in [5.41, 5.74) is 0.428. The molecule has 0 spiro atoms. The van der Waals surface area contributed by atoms with Crippen molar-refractivity contribution in [2.75, 3.05) is 24.9 Å². The van der Waals surface area contributed by atoms with Crippen molar-refractivity contribution >= 4 is 52.6 Å². The van der Waals surface area contributed by atoms with E-state index < -0.39 is 6.03 Å². The number of nitrogens with zero attached hydrogens (tertiary/aromatic N) is 2. The molecule has 1 N–H and O–H groups in total. The second kappa shape index (κ2) is 7.75. The van der Waals surface area contributed by atoms with Gasteiger partial charge in [0.05, 0.1) is 22.3 Å². The van der Waals surface area contributed by atoms with Gasteiger partial charge in [0.25, 0.3) is 0 Å². The van der Waals surface area contributed by atoms with Crippen molar-refractivity contribution in [1.82, 2.24) is 10.3 Å². The number of likely N-dealkylation sites (N-methyl/N-ethyl adjacent to an activating group) is 1. The van der Waals surface area contributed by atoms with E-state index in [4.69, 9.17) is 27.9 Å². The van der Waals surface area contributed by atoms with Crippen LogP contribution in [0.4, 0.5) is 10.5 Å². The van der Waals surface area contributed by atoms with Crippen molar-refractivity contribution in [2.24, 2.45) is 0 Å². The molecule has 6 nitrogen and oxygen atoms in total. The lowest BCUT2D eigenvalue weighted by Crippen LogP contribution is -2.59. The number of thioether (sulfide) groups is 1. The molecule has 0 unspecified atom stereocenters. The number of anilines is 1. The summed E-state index contributed by atoms with van der Waals surface area (Å²) >= 11 is 14.3. The first-order valence-corrected chi connectivity index (χ1v) is 9.53. The Morgan fingerprint density at radius 2 is 1.73 bits per heavy atom. The molecule has 2 aromatic carbocycles. The Bertz CT molecular complexity index is 838. The number of urea groups is 1. The highest BCUT2D eigenvalue weighted by Gasteiger charge is 2.30. The van der Waals surface area contributed by atoms with Crippen molar-refractivity contribution in [2.45, 2.75) is 4.90 Å². The van der Waals surface area contributed by atoms with Gasteiger partial charge in [0.1, 0.15) is 5.75 Å². The number of imide groups is 1. The topological polar surface area (TPSA) is 61.9 Å². The average molecular weight is 412 g/mol. The van der Waals surface area contributed by atoms with Crippen LogP contribution in [0.1, 0.15) is 0 Å². The van der Waals surface area contributed by atoms with Crippen LogP contribution >= 0.6 is 35.0 Å². The van der Waals surface area contributed by atoms with Crippen LogP contribution in [0.3, 0.4) is 0 Å². The van der Waals surface area contributed by atoms with Crippen LogP contribution in [-0.2, 0) is 4.79 Å². The molecule has 1 heterocycles. The summed E-state index contributed by atoms with van der Waals surface area (Å²) in [7, 11) is 1.62. The van der Waals surface area contributed by atoms with Crippen LogP contribution in [0.2, 0.25) is 10.0 Å². The maximum Gasteiger partial charge on any atom is 0.343 e. The number of amides is 3. The number of ether oxygens (including phenoxy) is 1. The molecule has 2 aromatic rings. The Labute approximate surface area is 165 Å². The zero-order valence-corrected chi connectivity index (χ0v) is 16.3. The molecule has 0 aromatic heterocycles. The summed E-state index contributed by atoms with van der Waals surface area (Å²) in [4.78, 5) is 24.6. The van der Waals surface area contributed by atoms with E-state index in [0.29, 0.717) is 17.2 Å². The van der Waals surface area contributed by atoms with E-state index in [1.807, 2.05) is 30.5 Å². The van der Waals surface area contributed by atoms with E-state index in [9.17, 15) is 9.59 Å². The van der Waals surface area contributed by atoms with Crippen molar-refractivity contribution in [1.29, 1.82) is 0 Å². The second-order valence-electron chi connectivity index (χ2n) is 5.50. The Morgan fingerprint density at radius 3 is 2.27 bits per heavy atom. The van der Waals surface area contributed by atoms with Crippen LogP contribution in [0, 0.1) is 0 Å². The fraction of sp³-hybridized carbons (Fsp3) is 0.176. The second-order valence-corrected chi connectivity index (χ2v) is 7.19. The van der Waals surface area contributed by atoms with Crippen LogP contribution in [0.15, 0.2) is 41.3 Å². The first-order chi connectivity index (χ1) is 12.4. The van der Waals surface area contributed by atoms with Gasteiger partial charge in [-0.05, 0) is 42.7 Å². The highest BCUT2D eigenvalue weighted by Crippen LogP contribution is 2.40. The third-order valence-electron chi connectivity index (χ3n) is 3.66. The number of halogens is 2. The zero-order valence-electron chi connectivity index (χ0n) is 14.0. The number of hydrazine groups is 1. The van der Waals surface area contributed by atoms with Crippen molar-refractivity contribution < 1.29 is 14.3 Å². The Morgan fingerprint density at radius 1 is 1.12 bits per heavy atom. The summed E-state index contributed by atoms with van der Waals surface area (Å²) < 4.78 is 5.79. The van der Waals surface area contributed by atoms with Crippen LogP contribution in [-0.4, -0.2) is 36.8 Å². The predicted octanol–water partition coefficient (Wildman–Crippen LogP) is 4.41. The first kappa shape index (κ1) is 18.8. The van der Waals surface area contributed by atoms with Gasteiger partial charge < -0.3 is 4.74 Å². The fourth-order valence-electron chi connectivity index (χ4n) is 2.49. The molecule has 0 bridgehead atoms. The van der Waals surface area contributed by atoms with Gasteiger partial charge in [-0.2, -0.15) is 0 Å². The molecule has 1 fully saturated rings. The van der Waals surface area contributed by atoms with E-state index in [-0.39, 0.29) is 22.5 Å². The van der Waals surface area contributed by atoms with Crippen molar-refractivity contribution in [3.8, 4) is 11.5 Å². The summed E-state index contributed by atoms with van der Waals surface area (Å²) in [6, 6.07) is 10.1. The third-order valence-corrected chi connectivity index (χ3v) is 4.96. The van der Waals surface area contributed by atoms with Gasteiger partial charge in [-0.1, -0.05) is 23.2 Å². The van der Waals surface area contributed by atoms with Gasteiger partial charge in [0.2, 0.25) is 5.91 Å². The highest BCUT2D eigenvalue weighted by atomic mass is 35.5.